The molecule has 0 aliphatic carbocycles. The van der Waals surface area contributed by atoms with Crippen molar-refractivity contribution in [2.45, 2.75) is 123 Å². The topological polar surface area (TPSA) is 21.7 Å². The van der Waals surface area contributed by atoms with Crippen LogP contribution in [-0.4, -0.2) is 51.5 Å². The Labute approximate surface area is 322 Å². The fourth-order valence-electron chi connectivity index (χ4n) is 4.81. The van der Waals surface area contributed by atoms with E-state index >= 15 is 0 Å². The van der Waals surface area contributed by atoms with E-state index in [-0.39, 0.29) is 6.10 Å². The highest BCUT2D eigenvalue weighted by Gasteiger charge is 2.10. The van der Waals surface area contributed by atoms with Crippen LogP contribution < -0.4 is 0 Å². The molecule has 0 saturated carbocycles. The van der Waals surface area contributed by atoms with Crippen molar-refractivity contribution in [3.8, 4) is 0 Å². The van der Waals surface area contributed by atoms with Crippen LogP contribution in [-0.2, 0) is 9.47 Å². The van der Waals surface area contributed by atoms with Crippen molar-refractivity contribution < 1.29 is 9.47 Å². The van der Waals surface area contributed by atoms with Crippen molar-refractivity contribution >= 4 is 0 Å². The minimum Gasteiger partial charge on any atom is -0.379 e. The van der Waals surface area contributed by atoms with Crippen molar-refractivity contribution in [2.75, 3.05) is 40.5 Å². The van der Waals surface area contributed by atoms with Gasteiger partial charge in [0.1, 0.15) is 0 Å². The van der Waals surface area contributed by atoms with Gasteiger partial charge in [-0.1, -0.05) is 160 Å². The van der Waals surface area contributed by atoms with E-state index in [9.17, 15) is 0 Å². The van der Waals surface area contributed by atoms with Gasteiger partial charge in [0.05, 0.1) is 12.7 Å². The number of likely N-dealkylation sites (N-methyl/N-ethyl adjacent to an activating group) is 1. The SMILES string of the molecule is CC/C=C\C/C=C\C/C=C\C/C=C\C/C=C\C/C=C\CCCOCC(CN(C)C)OCCC/C=C\C/C=C\C/C=C\C/C=C\C/C=C\C/C=C\CC. The van der Waals surface area contributed by atoms with Crippen LogP contribution in [0.1, 0.15) is 117 Å². The first-order chi connectivity index (χ1) is 25.7. The third-order valence-electron chi connectivity index (χ3n) is 7.59. The molecule has 3 nitrogen and oxygen atoms in total. The summed E-state index contributed by atoms with van der Waals surface area (Å²) in [5.41, 5.74) is 0. The molecule has 1 atom stereocenters. The van der Waals surface area contributed by atoms with E-state index in [0.29, 0.717) is 6.61 Å². The lowest BCUT2D eigenvalue weighted by Crippen LogP contribution is -2.32. The second-order valence-electron chi connectivity index (χ2n) is 12.9. The minimum absolute atomic E-state index is 0.117. The third kappa shape index (κ3) is 42.9. The van der Waals surface area contributed by atoms with E-state index in [1.54, 1.807) is 0 Å². The van der Waals surface area contributed by atoms with Crippen LogP contribution in [0, 0.1) is 0 Å². The molecular formula is C49H77NO2. The van der Waals surface area contributed by atoms with E-state index in [4.69, 9.17) is 9.47 Å². The van der Waals surface area contributed by atoms with Crippen molar-refractivity contribution in [3.63, 3.8) is 0 Å². The molecule has 0 aromatic rings. The summed E-state index contributed by atoms with van der Waals surface area (Å²) < 4.78 is 12.1. The molecule has 0 saturated heterocycles. The van der Waals surface area contributed by atoms with E-state index in [0.717, 1.165) is 122 Å². The first kappa shape index (κ1) is 48.8. The van der Waals surface area contributed by atoms with Crippen LogP contribution in [0.25, 0.3) is 0 Å². The minimum atomic E-state index is 0.117. The summed E-state index contributed by atoms with van der Waals surface area (Å²) in [5, 5.41) is 0. The van der Waals surface area contributed by atoms with E-state index in [1.165, 1.54) is 0 Å². The van der Waals surface area contributed by atoms with Gasteiger partial charge in [0.15, 0.2) is 0 Å². The number of ether oxygens (including phenoxy) is 2. The van der Waals surface area contributed by atoms with E-state index in [2.05, 4.69) is 179 Å². The van der Waals surface area contributed by atoms with Gasteiger partial charge < -0.3 is 14.4 Å². The summed E-state index contributed by atoms with van der Waals surface area (Å²) in [6, 6.07) is 0. The monoisotopic (exact) mass is 712 g/mol. The largest absolute Gasteiger partial charge is 0.379 e. The number of nitrogens with zero attached hydrogens (tertiary/aromatic N) is 1. The van der Waals surface area contributed by atoms with Gasteiger partial charge in [0.25, 0.3) is 0 Å². The maximum absolute atomic E-state index is 6.17. The maximum atomic E-state index is 6.17. The van der Waals surface area contributed by atoms with Crippen molar-refractivity contribution in [2.24, 2.45) is 0 Å². The standard InChI is InChI=1S/C49H77NO2/c1-5-7-9-11-13-15-17-19-21-23-25-27-29-31-33-35-37-39-41-43-45-51-48-49(47-50(3)4)52-46-44-42-40-38-36-34-32-30-28-26-24-22-20-18-16-14-12-10-8-6-2/h7-10,13-16,19-22,25-28,31-34,37-40,49H,5-6,11-12,17-18,23-24,29-30,35-36,41-48H2,1-4H3/b9-7-,10-8-,15-13-,16-14-,21-19-,22-20-,27-25-,28-26-,33-31-,34-32-,39-37-,40-38-. The molecule has 0 fully saturated rings. The highest BCUT2D eigenvalue weighted by molar-refractivity contribution is 5.03. The Balaban J connectivity index is 3.83. The summed E-state index contributed by atoms with van der Waals surface area (Å²) in [7, 11) is 4.19. The number of unbranched alkanes of at least 4 members (excludes halogenated alkanes) is 2. The molecule has 0 N–H and O–H groups in total. The van der Waals surface area contributed by atoms with Gasteiger partial charge in [0.2, 0.25) is 0 Å². The molecule has 0 aromatic heterocycles. The van der Waals surface area contributed by atoms with Gasteiger partial charge in [-0.05, 0) is 117 Å². The van der Waals surface area contributed by atoms with Gasteiger partial charge in [-0.3, -0.25) is 0 Å². The Morgan fingerprint density at radius 2 is 0.673 bits per heavy atom. The van der Waals surface area contributed by atoms with Crippen molar-refractivity contribution in [3.05, 3.63) is 146 Å². The zero-order valence-corrected chi connectivity index (χ0v) is 33.8. The first-order valence-corrected chi connectivity index (χ1v) is 20.3. The van der Waals surface area contributed by atoms with E-state index in [1.807, 2.05) is 0 Å². The van der Waals surface area contributed by atoms with Gasteiger partial charge in [-0.2, -0.15) is 0 Å². The van der Waals surface area contributed by atoms with Crippen molar-refractivity contribution in [1.29, 1.82) is 0 Å². The number of allylic oxidation sites excluding steroid dienone is 24. The molecule has 0 aliphatic heterocycles. The van der Waals surface area contributed by atoms with Gasteiger partial charge in [0, 0.05) is 19.8 Å². The smallest absolute Gasteiger partial charge is 0.0934 e. The van der Waals surface area contributed by atoms with Crippen molar-refractivity contribution in [1.82, 2.24) is 4.90 Å². The summed E-state index contributed by atoms with van der Waals surface area (Å²) in [6.07, 6.45) is 70.4. The Kier molecular flexibility index (Phi) is 41.2. The predicted molar refractivity (Wildman–Crippen MR) is 234 cm³/mol. The molecule has 0 aromatic carbocycles. The summed E-state index contributed by atoms with van der Waals surface area (Å²) >= 11 is 0. The normalized spacial score (nSPS) is 14.2. The lowest BCUT2D eigenvalue weighted by atomic mass is 10.2. The number of rotatable bonds is 35. The zero-order chi connectivity index (χ0) is 37.7. The average Bonchev–Trinajstić information content (AvgIpc) is 3.14. The van der Waals surface area contributed by atoms with Gasteiger partial charge in [-0.15, -0.1) is 0 Å². The lowest BCUT2D eigenvalue weighted by molar-refractivity contribution is -0.0277. The Morgan fingerprint density at radius 3 is 0.981 bits per heavy atom. The first-order valence-electron chi connectivity index (χ1n) is 20.3. The Hall–Kier alpha value is -3.24. The molecule has 0 radical (unpaired) electrons. The predicted octanol–water partition coefficient (Wildman–Crippen LogP) is 13.9. The molecule has 1 unspecified atom stereocenters. The summed E-state index contributed by atoms with van der Waals surface area (Å²) in [4.78, 5) is 2.18. The van der Waals surface area contributed by atoms with Gasteiger partial charge in [-0.25, -0.2) is 0 Å². The quantitative estimate of drug-likeness (QED) is 0.0482. The molecule has 0 heterocycles. The van der Waals surface area contributed by atoms with Crippen LogP contribution in [0.2, 0.25) is 0 Å². The maximum Gasteiger partial charge on any atom is 0.0934 e. The average molecular weight is 712 g/mol. The van der Waals surface area contributed by atoms with Crippen LogP contribution in [0.15, 0.2) is 146 Å². The second kappa shape index (κ2) is 43.9. The molecular weight excluding hydrogens is 635 g/mol. The fraction of sp³-hybridized carbons (Fsp3) is 0.510. The molecule has 52 heavy (non-hydrogen) atoms. The fourth-order valence-corrected chi connectivity index (χ4v) is 4.81. The highest BCUT2D eigenvalue weighted by atomic mass is 16.5. The number of hydrogen-bond acceptors (Lipinski definition) is 3. The summed E-state index contributed by atoms with van der Waals surface area (Å²) in [5.74, 6) is 0. The lowest BCUT2D eigenvalue weighted by Gasteiger charge is -2.21. The molecule has 0 spiro atoms. The molecule has 290 valence electrons. The van der Waals surface area contributed by atoms with E-state index < -0.39 is 0 Å². The Bertz CT molecular complexity index is 1110. The molecule has 3 heteroatoms. The third-order valence-corrected chi connectivity index (χ3v) is 7.59. The number of hydrogen-bond donors (Lipinski definition) is 0. The van der Waals surface area contributed by atoms with Crippen LogP contribution >= 0.6 is 0 Å². The van der Waals surface area contributed by atoms with Gasteiger partial charge >= 0.3 is 0 Å². The zero-order valence-electron chi connectivity index (χ0n) is 33.8. The molecule has 0 amide bonds. The summed E-state index contributed by atoms with van der Waals surface area (Å²) in [6.45, 7) is 7.41. The molecule has 0 aliphatic rings. The Morgan fingerprint density at radius 1 is 0.385 bits per heavy atom. The second-order valence-corrected chi connectivity index (χ2v) is 12.9. The van der Waals surface area contributed by atoms with Crippen LogP contribution in [0.3, 0.4) is 0 Å². The molecule has 0 bridgehead atoms. The highest BCUT2D eigenvalue weighted by Crippen LogP contribution is 2.03. The van der Waals surface area contributed by atoms with Crippen LogP contribution in [0.4, 0.5) is 0 Å². The molecule has 0 rings (SSSR count). The van der Waals surface area contributed by atoms with Crippen LogP contribution in [0.5, 0.6) is 0 Å².